The van der Waals surface area contributed by atoms with Crippen molar-refractivity contribution in [2.75, 3.05) is 11.1 Å². The third-order valence-corrected chi connectivity index (χ3v) is 3.20. The number of nitrogen functional groups attached to an aromatic ring is 1. The van der Waals surface area contributed by atoms with E-state index in [2.05, 4.69) is 48.2 Å². The van der Waals surface area contributed by atoms with E-state index >= 15 is 0 Å². The third kappa shape index (κ3) is 3.02. The third-order valence-electron chi connectivity index (χ3n) is 3.20. The highest BCUT2D eigenvalue weighted by Crippen LogP contribution is 2.26. The molecule has 0 fully saturated rings. The van der Waals surface area contributed by atoms with Crippen molar-refractivity contribution in [2.24, 2.45) is 0 Å². The van der Waals surface area contributed by atoms with Crippen molar-refractivity contribution in [1.29, 1.82) is 0 Å². The molecule has 0 unspecified atom stereocenters. The Bertz CT molecular complexity index is 564. The van der Waals surface area contributed by atoms with E-state index in [0.717, 1.165) is 17.9 Å². The fourth-order valence-electron chi connectivity index (χ4n) is 2.11. The average Bonchev–Trinajstić information content (AvgIpc) is 2.37. The lowest BCUT2D eigenvalue weighted by molar-refractivity contribution is 0.849. The second-order valence-electron chi connectivity index (χ2n) is 4.96. The molecule has 2 aromatic rings. The Kier molecular flexibility index (Phi) is 4.00. The number of nitrogens with two attached hydrogens (primary N) is 1. The summed E-state index contributed by atoms with van der Waals surface area (Å²) in [5.74, 6) is 1.67. The summed E-state index contributed by atoms with van der Waals surface area (Å²) in [5.41, 5.74) is 9.44. The number of nitrogens with zero attached hydrogens (tertiary/aromatic N) is 2. The van der Waals surface area contributed by atoms with E-state index in [4.69, 9.17) is 5.73 Å². The summed E-state index contributed by atoms with van der Waals surface area (Å²) in [4.78, 5) is 8.36. The summed E-state index contributed by atoms with van der Waals surface area (Å²) in [6.07, 6.45) is 1.50. The molecule has 1 aromatic carbocycles. The van der Waals surface area contributed by atoms with Crippen LogP contribution in [-0.2, 0) is 6.54 Å². The molecule has 4 heteroatoms. The first kappa shape index (κ1) is 13.3. The van der Waals surface area contributed by atoms with Crippen LogP contribution in [0, 0.1) is 6.92 Å². The SMILES string of the molecule is Cc1ccccc1CNc1ncnc(N)c1C(C)C. The molecule has 0 atom stereocenters. The van der Waals surface area contributed by atoms with Gasteiger partial charge in [0.25, 0.3) is 0 Å². The predicted molar refractivity (Wildman–Crippen MR) is 79.0 cm³/mol. The van der Waals surface area contributed by atoms with E-state index in [9.17, 15) is 0 Å². The van der Waals surface area contributed by atoms with Crippen LogP contribution in [-0.4, -0.2) is 9.97 Å². The fourth-order valence-corrected chi connectivity index (χ4v) is 2.11. The molecule has 0 saturated heterocycles. The number of hydrogen-bond acceptors (Lipinski definition) is 4. The van der Waals surface area contributed by atoms with Crippen molar-refractivity contribution in [3.8, 4) is 0 Å². The first-order chi connectivity index (χ1) is 9.09. The summed E-state index contributed by atoms with van der Waals surface area (Å²) >= 11 is 0. The van der Waals surface area contributed by atoms with Crippen LogP contribution >= 0.6 is 0 Å². The van der Waals surface area contributed by atoms with Crippen LogP contribution < -0.4 is 11.1 Å². The Morgan fingerprint density at radius 2 is 1.95 bits per heavy atom. The molecule has 0 saturated carbocycles. The lowest BCUT2D eigenvalue weighted by Gasteiger charge is -2.15. The molecule has 0 aliphatic rings. The quantitative estimate of drug-likeness (QED) is 0.882. The van der Waals surface area contributed by atoms with Crippen LogP contribution in [0.5, 0.6) is 0 Å². The van der Waals surface area contributed by atoms with Crippen LogP contribution in [0.15, 0.2) is 30.6 Å². The number of aryl methyl sites for hydroxylation is 1. The predicted octanol–water partition coefficient (Wildman–Crippen LogP) is 3.10. The number of hydrogen-bond donors (Lipinski definition) is 2. The zero-order valence-electron chi connectivity index (χ0n) is 11.6. The van der Waals surface area contributed by atoms with Crippen molar-refractivity contribution >= 4 is 11.6 Å². The maximum Gasteiger partial charge on any atom is 0.135 e. The average molecular weight is 256 g/mol. The van der Waals surface area contributed by atoms with E-state index in [0.29, 0.717) is 11.7 Å². The van der Waals surface area contributed by atoms with Gasteiger partial charge in [-0.3, -0.25) is 0 Å². The van der Waals surface area contributed by atoms with Crippen LogP contribution in [0.25, 0.3) is 0 Å². The van der Waals surface area contributed by atoms with Gasteiger partial charge in [-0.05, 0) is 24.0 Å². The first-order valence-electron chi connectivity index (χ1n) is 6.48. The molecule has 1 heterocycles. The van der Waals surface area contributed by atoms with Crippen LogP contribution in [0.2, 0.25) is 0 Å². The fraction of sp³-hybridized carbons (Fsp3) is 0.333. The number of anilines is 2. The molecule has 0 spiro atoms. The second-order valence-corrected chi connectivity index (χ2v) is 4.96. The van der Waals surface area contributed by atoms with Crippen molar-refractivity contribution in [3.05, 3.63) is 47.3 Å². The number of aromatic nitrogens is 2. The second kappa shape index (κ2) is 5.69. The molecule has 4 nitrogen and oxygen atoms in total. The molecule has 2 rings (SSSR count). The van der Waals surface area contributed by atoms with Crippen LogP contribution in [0.1, 0.15) is 36.5 Å². The van der Waals surface area contributed by atoms with Crippen LogP contribution in [0.3, 0.4) is 0 Å². The van der Waals surface area contributed by atoms with Gasteiger partial charge in [0.15, 0.2) is 0 Å². The van der Waals surface area contributed by atoms with Gasteiger partial charge >= 0.3 is 0 Å². The smallest absolute Gasteiger partial charge is 0.135 e. The Hall–Kier alpha value is -2.10. The maximum atomic E-state index is 5.93. The Morgan fingerprint density at radius 3 is 2.63 bits per heavy atom. The highest BCUT2D eigenvalue weighted by Gasteiger charge is 2.12. The van der Waals surface area contributed by atoms with Crippen molar-refractivity contribution < 1.29 is 0 Å². The highest BCUT2D eigenvalue weighted by molar-refractivity contribution is 5.56. The van der Waals surface area contributed by atoms with Crippen LogP contribution in [0.4, 0.5) is 11.6 Å². The Labute approximate surface area is 114 Å². The minimum atomic E-state index is 0.292. The molecule has 3 N–H and O–H groups in total. The molecule has 100 valence electrons. The summed E-state index contributed by atoms with van der Waals surface area (Å²) in [6, 6.07) is 8.30. The standard InChI is InChI=1S/C15H20N4/c1-10(2)13-14(16)18-9-19-15(13)17-8-12-7-5-4-6-11(12)3/h4-7,9-10H,8H2,1-3H3,(H3,16,17,18,19). The van der Waals surface area contributed by atoms with Gasteiger partial charge in [0.2, 0.25) is 0 Å². The normalized spacial score (nSPS) is 10.7. The molecule has 19 heavy (non-hydrogen) atoms. The van der Waals surface area contributed by atoms with Gasteiger partial charge in [0.1, 0.15) is 18.0 Å². The molecule has 0 radical (unpaired) electrons. The van der Waals surface area contributed by atoms with E-state index in [1.54, 1.807) is 0 Å². The van der Waals surface area contributed by atoms with E-state index in [1.165, 1.54) is 17.5 Å². The largest absolute Gasteiger partial charge is 0.383 e. The molecule has 0 aliphatic carbocycles. The molecular weight excluding hydrogens is 236 g/mol. The van der Waals surface area contributed by atoms with Crippen molar-refractivity contribution in [2.45, 2.75) is 33.2 Å². The molecule has 0 amide bonds. The Balaban J connectivity index is 2.21. The maximum absolute atomic E-state index is 5.93. The van der Waals surface area contributed by atoms with Gasteiger partial charge in [-0.15, -0.1) is 0 Å². The summed E-state index contributed by atoms with van der Waals surface area (Å²) in [7, 11) is 0. The monoisotopic (exact) mass is 256 g/mol. The van der Waals surface area contributed by atoms with E-state index in [1.807, 2.05) is 12.1 Å². The number of rotatable bonds is 4. The summed E-state index contributed by atoms with van der Waals surface area (Å²) in [6.45, 7) is 7.03. The van der Waals surface area contributed by atoms with E-state index < -0.39 is 0 Å². The van der Waals surface area contributed by atoms with Crippen molar-refractivity contribution in [1.82, 2.24) is 9.97 Å². The topological polar surface area (TPSA) is 63.8 Å². The van der Waals surface area contributed by atoms with Gasteiger partial charge in [-0.2, -0.15) is 0 Å². The molecule has 0 bridgehead atoms. The Morgan fingerprint density at radius 1 is 1.21 bits per heavy atom. The molecule has 1 aromatic heterocycles. The van der Waals surface area contributed by atoms with Gasteiger partial charge < -0.3 is 11.1 Å². The molecule has 0 aliphatic heterocycles. The van der Waals surface area contributed by atoms with Gasteiger partial charge in [-0.25, -0.2) is 9.97 Å². The van der Waals surface area contributed by atoms with Gasteiger partial charge in [-0.1, -0.05) is 38.1 Å². The highest BCUT2D eigenvalue weighted by atomic mass is 15.0. The summed E-state index contributed by atoms with van der Waals surface area (Å²) < 4.78 is 0. The van der Waals surface area contributed by atoms with Crippen molar-refractivity contribution in [3.63, 3.8) is 0 Å². The van der Waals surface area contributed by atoms with Gasteiger partial charge in [0, 0.05) is 12.1 Å². The number of benzene rings is 1. The zero-order valence-corrected chi connectivity index (χ0v) is 11.6. The minimum absolute atomic E-state index is 0.292. The first-order valence-corrected chi connectivity index (χ1v) is 6.48. The molecular formula is C15H20N4. The zero-order chi connectivity index (χ0) is 13.8. The van der Waals surface area contributed by atoms with Gasteiger partial charge in [0.05, 0.1) is 0 Å². The summed E-state index contributed by atoms with van der Waals surface area (Å²) in [5, 5.41) is 3.36. The lowest BCUT2D eigenvalue weighted by Crippen LogP contribution is -2.10. The van der Waals surface area contributed by atoms with E-state index in [-0.39, 0.29) is 0 Å². The minimum Gasteiger partial charge on any atom is -0.383 e. The lowest BCUT2D eigenvalue weighted by atomic mass is 10.0. The number of nitrogens with one attached hydrogen (secondary N) is 1.